The van der Waals surface area contributed by atoms with Crippen LogP contribution < -0.4 is 4.74 Å². The predicted molar refractivity (Wildman–Crippen MR) is 153 cm³/mol. The summed E-state index contributed by atoms with van der Waals surface area (Å²) in [4.78, 5) is 22.1. The van der Waals surface area contributed by atoms with Crippen molar-refractivity contribution >= 4 is 18.0 Å². The van der Waals surface area contributed by atoms with Crippen molar-refractivity contribution in [3.8, 4) is 5.75 Å². The summed E-state index contributed by atoms with van der Waals surface area (Å²) in [5.74, 6) is -0.707. The first kappa shape index (κ1) is 29.7. The Labute approximate surface area is 230 Å². The molecule has 0 saturated heterocycles. The van der Waals surface area contributed by atoms with Crippen LogP contribution in [-0.4, -0.2) is 35.4 Å². The van der Waals surface area contributed by atoms with Gasteiger partial charge in [0.25, 0.3) is 0 Å². The number of aromatic carboxylic acids is 1. The lowest BCUT2D eigenvalue weighted by molar-refractivity contribution is -0.137. The highest BCUT2D eigenvalue weighted by Gasteiger charge is 2.10. The highest BCUT2D eigenvalue weighted by Crippen LogP contribution is 2.24. The third-order valence-corrected chi connectivity index (χ3v) is 6.43. The second-order valence-corrected chi connectivity index (χ2v) is 9.60. The molecule has 39 heavy (non-hydrogen) atoms. The van der Waals surface area contributed by atoms with Crippen molar-refractivity contribution in [3.05, 3.63) is 107 Å². The third-order valence-electron chi connectivity index (χ3n) is 6.43. The minimum Gasteiger partial charge on any atom is -0.493 e. The van der Waals surface area contributed by atoms with Crippen LogP contribution in [0.5, 0.6) is 5.75 Å². The largest absolute Gasteiger partial charge is 0.493 e. The molecule has 0 aliphatic heterocycles. The van der Waals surface area contributed by atoms with E-state index >= 15 is 0 Å². The summed E-state index contributed by atoms with van der Waals surface area (Å²) in [6.07, 6.45) is 9.24. The van der Waals surface area contributed by atoms with E-state index in [0.717, 1.165) is 49.0 Å². The van der Waals surface area contributed by atoms with Crippen LogP contribution in [0.1, 0.15) is 65.6 Å². The molecule has 206 valence electrons. The average Bonchev–Trinajstić information content (AvgIpc) is 2.94. The van der Waals surface area contributed by atoms with Crippen LogP contribution in [-0.2, 0) is 22.6 Å². The van der Waals surface area contributed by atoms with E-state index in [2.05, 4.69) is 24.3 Å². The maximum atomic E-state index is 11.2. The summed E-state index contributed by atoms with van der Waals surface area (Å²) in [6, 6.07) is 25.0. The molecule has 1 unspecified atom stereocenters. The molecule has 2 N–H and O–H groups in total. The molecule has 0 bridgehead atoms. The van der Waals surface area contributed by atoms with Crippen LogP contribution in [0, 0.1) is 5.92 Å². The Morgan fingerprint density at radius 3 is 2.23 bits per heavy atom. The fourth-order valence-corrected chi connectivity index (χ4v) is 4.28. The van der Waals surface area contributed by atoms with Crippen LogP contribution in [0.25, 0.3) is 6.08 Å². The number of rotatable bonds is 18. The van der Waals surface area contributed by atoms with Gasteiger partial charge < -0.3 is 19.7 Å². The number of carboxylic acid groups (broad SMARTS) is 2. The van der Waals surface area contributed by atoms with Crippen LogP contribution >= 0.6 is 0 Å². The molecular weight excluding hydrogens is 492 g/mol. The zero-order valence-corrected chi connectivity index (χ0v) is 22.3. The highest BCUT2D eigenvalue weighted by molar-refractivity contribution is 5.87. The SMILES string of the molecule is O=C(O)CCCCC(C=Cc1ccccc1OCCCCOCc1ccccc1)Cc1ccc(C(=O)O)cc1. The Bertz CT molecular complexity index is 1170. The van der Waals surface area contributed by atoms with Gasteiger partial charge in [0.15, 0.2) is 0 Å². The van der Waals surface area contributed by atoms with Crippen molar-refractivity contribution in [2.45, 2.75) is 51.6 Å². The van der Waals surface area contributed by atoms with Crippen molar-refractivity contribution in [1.29, 1.82) is 0 Å². The standard InChI is InChI=1S/C33H38O6/c34-32(35)15-7-4-10-26(24-27-17-20-30(21-18-27)33(36)37)16-19-29-13-5-6-14-31(29)39-23-9-8-22-38-25-28-11-2-1-3-12-28/h1-3,5-6,11-14,16-21,26H,4,7-10,15,22-25H2,(H,34,35)(H,36,37). The van der Waals surface area contributed by atoms with Gasteiger partial charge in [0.2, 0.25) is 0 Å². The number of benzene rings is 3. The maximum absolute atomic E-state index is 11.2. The summed E-state index contributed by atoms with van der Waals surface area (Å²) < 4.78 is 11.8. The van der Waals surface area contributed by atoms with E-state index < -0.39 is 11.9 Å². The Morgan fingerprint density at radius 2 is 1.49 bits per heavy atom. The number of aliphatic carboxylic acids is 1. The van der Waals surface area contributed by atoms with E-state index in [4.69, 9.17) is 19.7 Å². The lowest BCUT2D eigenvalue weighted by Gasteiger charge is -2.14. The van der Waals surface area contributed by atoms with Gasteiger partial charge in [-0.15, -0.1) is 0 Å². The van der Waals surface area contributed by atoms with Crippen molar-refractivity contribution in [3.63, 3.8) is 0 Å². The van der Waals surface area contributed by atoms with Gasteiger partial charge in [-0.05, 0) is 67.3 Å². The molecule has 0 radical (unpaired) electrons. The summed E-state index contributed by atoms with van der Waals surface area (Å²) >= 11 is 0. The van der Waals surface area contributed by atoms with Gasteiger partial charge in [-0.1, -0.05) is 79.2 Å². The average molecular weight is 531 g/mol. The Kier molecular flexibility index (Phi) is 12.8. The first-order valence-electron chi connectivity index (χ1n) is 13.6. The Hall–Kier alpha value is -3.90. The highest BCUT2D eigenvalue weighted by atomic mass is 16.5. The fraction of sp³-hybridized carbons (Fsp3) is 0.333. The normalized spacial score (nSPS) is 11.9. The second kappa shape index (κ2) is 16.8. The number of unbranched alkanes of at least 4 members (excludes halogenated alkanes) is 2. The summed E-state index contributed by atoms with van der Waals surface area (Å²) in [7, 11) is 0. The van der Waals surface area contributed by atoms with Gasteiger partial charge in [0.1, 0.15) is 5.75 Å². The number of carbonyl (C=O) groups is 2. The van der Waals surface area contributed by atoms with Crippen LogP contribution in [0.3, 0.4) is 0 Å². The monoisotopic (exact) mass is 530 g/mol. The lowest BCUT2D eigenvalue weighted by Crippen LogP contribution is -2.04. The quantitative estimate of drug-likeness (QED) is 0.168. The molecule has 3 aromatic carbocycles. The molecular formula is C33H38O6. The molecule has 0 aliphatic carbocycles. The molecule has 0 saturated carbocycles. The van der Waals surface area contributed by atoms with Gasteiger partial charge in [-0.3, -0.25) is 4.79 Å². The molecule has 0 fully saturated rings. The minimum absolute atomic E-state index is 0.164. The van der Waals surface area contributed by atoms with Crippen molar-refractivity contribution < 1.29 is 29.3 Å². The van der Waals surface area contributed by atoms with Crippen LogP contribution in [0.4, 0.5) is 0 Å². The minimum atomic E-state index is -0.942. The van der Waals surface area contributed by atoms with Gasteiger partial charge >= 0.3 is 11.9 Å². The lowest BCUT2D eigenvalue weighted by atomic mass is 9.92. The molecule has 3 aromatic rings. The molecule has 0 aromatic heterocycles. The van der Waals surface area contributed by atoms with E-state index in [1.807, 2.05) is 54.6 Å². The first-order valence-corrected chi connectivity index (χ1v) is 13.6. The zero-order chi connectivity index (χ0) is 27.7. The van der Waals surface area contributed by atoms with Gasteiger partial charge in [0.05, 0.1) is 18.8 Å². The molecule has 6 heteroatoms. The van der Waals surface area contributed by atoms with E-state index in [1.54, 1.807) is 12.1 Å². The van der Waals surface area contributed by atoms with E-state index in [9.17, 15) is 9.59 Å². The molecule has 0 aliphatic rings. The number of ether oxygens (including phenoxy) is 2. The number of para-hydroxylation sites is 1. The number of hydrogen-bond acceptors (Lipinski definition) is 4. The van der Waals surface area contributed by atoms with E-state index in [0.29, 0.717) is 26.2 Å². The fourth-order valence-electron chi connectivity index (χ4n) is 4.28. The van der Waals surface area contributed by atoms with E-state index in [1.165, 1.54) is 5.56 Å². The molecule has 3 rings (SSSR count). The van der Waals surface area contributed by atoms with Crippen molar-refractivity contribution in [2.75, 3.05) is 13.2 Å². The number of hydrogen-bond donors (Lipinski definition) is 2. The third kappa shape index (κ3) is 11.6. The predicted octanol–water partition coefficient (Wildman–Crippen LogP) is 7.28. The molecule has 0 heterocycles. The van der Waals surface area contributed by atoms with Crippen molar-refractivity contribution in [1.82, 2.24) is 0 Å². The van der Waals surface area contributed by atoms with Gasteiger partial charge in [0, 0.05) is 18.6 Å². The van der Waals surface area contributed by atoms with Gasteiger partial charge in [-0.25, -0.2) is 4.79 Å². The molecule has 6 nitrogen and oxygen atoms in total. The summed E-state index contributed by atoms with van der Waals surface area (Å²) in [5.41, 5.74) is 3.48. The zero-order valence-electron chi connectivity index (χ0n) is 22.3. The first-order chi connectivity index (χ1) is 19.0. The molecule has 1 atom stereocenters. The topological polar surface area (TPSA) is 93.1 Å². The Morgan fingerprint density at radius 1 is 0.769 bits per heavy atom. The maximum Gasteiger partial charge on any atom is 0.335 e. The van der Waals surface area contributed by atoms with Crippen LogP contribution in [0.2, 0.25) is 0 Å². The Balaban J connectivity index is 1.52. The molecule has 0 spiro atoms. The summed E-state index contributed by atoms with van der Waals surface area (Å²) in [6.45, 7) is 1.92. The smallest absolute Gasteiger partial charge is 0.335 e. The molecule has 0 amide bonds. The van der Waals surface area contributed by atoms with Gasteiger partial charge in [-0.2, -0.15) is 0 Å². The van der Waals surface area contributed by atoms with Crippen molar-refractivity contribution in [2.24, 2.45) is 5.92 Å². The number of carboxylic acids is 2. The summed E-state index contributed by atoms with van der Waals surface area (Å²) in [5, 5.41) is 18.1. The number of allylic oxidation sites excluding steroid dienone is 1. The van der Waals surface area contributed by atoms with E-state index in [-0.39, 0.29) is 17.9 Å². The second-order valence-electron chi connectivity index (χ2n) is 9.60. The van der Waals surface area contributed by atoms with Crippen LogP contribution in [0.15, 0.2) is 84.9 Å².